The molecule has 0 bridgehead atoms. The van der Waals surface area contributed by atoms with Gasteiger partial charge in [0.25, 0.3) is 5.91 Å². The average Bonchev–Trinajstić information content (AvgIpc) is 2.65. The Hall–Kier alpha value is -2.32. The van der Waals surface area contributed by atoms with Gasteiger partial charge in [-0.1, -0.05) is 43.5 Å². The van der Waals surface area contributed by atoms with E-state index in [-0.39, 0.29) is 17.5 Å². The van der Waals surface area contributed by atoms with Crippen LogP contribution >= 0.6 is 0 Å². The number of nitrogens with zero attached hydrogens (tertiary/aromatic N) is 2. The number of nitrogens with two attached hydrogens (primary N) is 1. The van der Waals surface area contributed by atoms with Crippen LogP contribution in [0.1, 0.15) is 43.2 Å². The molecule has 0 atom stereocenters. The molecule has 1 aromatic carbocycles. The number of hydrogen-bond acceptors (Lipinski definition) is 4. The lowest BCUT2D eigenvalue weighted by atomic mass is 9.94. The minimum absolute atomic E-state index is 0.151. The minimum Gasteiger partial charge on any atom is -0.386 e. The van der Waals surface area contributed by atoms with E-state index in [0.717, 1.165) is 36.8 Å². The Balaban J connectivity index is 1.95. The molecule has 0 unspecified atom stereocenters. The van der Waals surface area contributed by atoms with Crippen molar-refractivity contribution >= 4 is 5.91 Å². The molecular weight excluding hydrogens is 300 g/mol. The fourth-order valence-corrected chi connectivity index (χ4v) is 3.10. The van der Waals surface area contributed by atoms with Gasteiger partial charge in [0.15, 0.2) is 0 Å². The highest BCUT2D eigenvalue weighted by Gasteiger charge is 2.24. The van der Waals surface area contributed by atoms with Gasteiger partial charge in [-0.05, 0) is 24.0 Å². The molecule has 1 aliphatic rings. The Morgan fingerprint density at radius 3 is 2.75 bits per heavy atom. The Bertz CT molecular complexity index is 626. The van der Waals surface area contributed by atoms with Gasteiger partial charge in [-0.25, -0.2) is 0 Å². The Morgan fingerprint density at radius 2 is 2.08 bits per heavy atom. The maximum absolute atomic E-state index is 12.5. The zero-order valence-electron chi connectivity index (χ0n) is 14.3. The van der Waals surface area contributed by atoms with Crippen molar-refractivity contribution in [1.82, 2.24) is 10.2 Å². The topological polar surface area (TPSA) is 82.2 Å². The van der Waals surface area contributed by atoms with Crippen molar-refractivity contribution in [1.29, 1.82) is 5.26 Å². The molecule has 3 N–H and O–H groups in total. The Labute approximate surface area is 144 Å². The summed E-state index contributed by atoms with van der Waals surface area (Å²) in [4.78, 5) is 14.2. The second kappa shape index (κ2) is 9.09. The quantitative estimate of drug-likeness (QED) is 0.621. The normalized spacial score (nSPS) is 15.6. The first-order valence-electron chi connectivity index (χ1n) is 8.54. The molecule has 0 heterocycles. The van der Waals surface area contributed by atoms with Crippen LogP contribution in [0, 0.1) is 11.3 Å². The van der Waals surface area contributed by atoms with Crippen LogP contribution in [0.3, 0.4) is 0 Å². The van der Waals surface area contributed by atoms with Gasteiger partial charge in [0.05, 0.1) is 0 Å². The molecule has 0 aromatic heterocycles. The van der Waals surface area contributed by atoms with Crippen LogP contribution in [0.2, 0.25) is 0 Å². The predicted molar refractivity (Wildman–Crippen MR) is 94.5 cm³/mol. The van der Waals surface area contributed by atoms with Crippen LogP contribution < -0.4 is 11.1 Å². The van der Waals surface area contributed by atoms with Crippen molar-refractivity contribution in [2.24, 2.45) is 5.73 Å². The van der Waals surface area contributed by atoms with Gasteiger partial charge in [-0.2, -0.15) is 5.26 Å². The number of carbonyl (C=O) groups is 1. The van der Waals surface area contributed by atoms with E-state index in [9.17, 15) is 10.1 Å². The van der Waals surface area contributed by atoms with Crippen LogP contribution in [-0.2, 0) is 17.9 Å². The first kappa shape index (κ1) is 18.0. The Kier molecular flexibility index (Phi) is 6.83. The summed E-state index contributed by atoms with van der Waals surface area (Å²) < 4.78 is 0. The molecule has 1 aromatic rings. The van der Waals surface area contributed by atoms with Crippen LogP contribution in [-0.4, -0.2) is 23.9 Å². The lowest BCUT2D eigenvalue weighted by Crippen LogP contribution is -2.39. The van der Waals surface area contributed by atoms with Crippen LogP contribution in [0.4, 0.5) is 0 Å². The molecule has 2 rings (SSSR count). The van der Waals surface area contributed by atoms with Gasteiger partial charge in [-0.3, -0.25) is 4.79 Å². The van der Waals surface area contributed by atoms with E-state index in [4.69, 9.17) is 5.73 Å². The fraction of sp³-hybridized carbons (Fsp3) is 0.474. The number of carbonyl (C=O) groups excluding carboxylic acids is 1. The van der Waals surface area contributed by atoms with E-state index < -0.39 is 0 Å². The molecule has 0 spiro atoms. The third kappa shape index (κ3) is 4.84. The number of rotatable bonds is 6. The van der Waals surface area contributed by atoms with Gasteiger partial charge < -0.3 is 16.0 Å². The van der Waals surface area contributed by atoms with Crippen LogP contribution in [0.25, 0.3) is 0 Å². The molecule has 1 amide bonds. The van der Waals surface area contributed by atoms with Gasteiger partial charge in [-0.15, -0.1) is 0 Å². The molecule has 1 fully saturated rings. The molecule has 0 aliphatic heterocycles. The molecule has 24 heavy (non-hydrogen) atoms. The van der Waals surface area contributed by atoms with Gasteiger partial charge >= 0.3 is 0 Å². The van der Waals surface area contributed by atoms with Gasteiger partial charge in [0, 0.05) is 32.4 Å². The van der Waals surface area contributed by atoms with Crippen LogP contribution in [0.15, 0.2) is 36.0 Å². The maximum Gasteiger partial charge on any atom is 0.265 e. The largest absolute Gasteiger partial charge is 0.386 e. The van der Waals surface area contributed by atoms with Crippen molar-refractivity contribution in [3.05, 3.63) is 47.2 Å². The summed E-state index contributed by atoms with van der Waals surface area (Å²) in [5.41, 5.74) is 7.92. The Morgan fingerprint density at radius 1 is 1.38 bits per heavy atom. The molecule has 128 valence electrons. The standard InChI is InChI=1S/C19H26N4O/c1-23(18-8-3-2-4-9-18)19(24)17(12-21)14-22-13-16-7-5-6-15(10-16)11-20/h5-7,10,14,18,22H,2-4,8-9,11,13,20H2,1H3/b17-14-. The predicted octanol–water partition coefficient (Wildman–Crippen LogP) is 2.43. The van der Waals surface area contributed by atoms with E-state index >= 15 is 0 Å². The maximum atomic E-state index is 12.5. The zero-order chi connectivity index (χ0) is 17.4. The third-order valence-corrected chi connectivity index (χ3v) is 4.57. The van der Waals surface area contributed by atoms with E-state index in [2.05, 4.69) is 5.32 Å². The number of likely N-dealkylation sites (N-methyl/N-ethyl adjacent to an activating group) is 1. The number of benzene rings is 1. The summed E-state index contributed by atoms with van der Waals surface area (Å²) in [6.45, 7) is 1.05. The van der Waals surface area contributed by atoms with Crippen molar-refractivity contribution < 1.29 is 4.79 Å². The highest BCUT2D eigenvalue weighted by Crippen LogP contribution is 2.22. The number of nitrogens with one attached hydrogen (secondary N) is 1. The summed E-state index contributed by atoms with van der Waals surface area (Å²) in [6.07, 6.45) is 7.13. The first-order valence-corrected chi connectivity index (χ1v) is 8.54. The minimum atomic E-state index is -0.201. The molecule has 1 aliphatic carbocycles. The number of hydrogen-bond donors (Lipinski definition) is 2. The van der Waals surface area contributed by atoms with Crippen molar-refractivity contribution in [2.75, 3.05) is 7.05 Å². The molecule has 5 nitrogen and oxygen atoms in total. The van der Waals surface area contributed by atoms with Gasteiger partial charge in [0.1, 0.15) is 11.6 Å². The molecule has 5 heteroatoms. The second-order valence-corrected chi connectivity index (χ2v) is 6.28. The first-order chi connectivity index (χ1) is 11.7. The van der Waals surface area contributed by atoms with E-state index in [1.165, 1.54) is 12.6 Å². The van der Waals surface area contributed by atoms with Crippen molar-refractivity contribution in [3.8, 4) is 6.07 Å². The lowest BCUT2D eigenvalue weighted by molar-refractivity contribution is -0.128. The van der Waals surface area contributed by atoms with E-state index in [0.29, 0.717) is 13.1 Å². The average molecular weight is 326 g/mol. The lowest BCUT2D eigenvalue weighted by Gasteiger charge is -2.31. The highest BCUT2D eigenvalue weighted by molar-refractivity contribution is 5.97. The second-order valence-electron chi connectivity index (χ2n) is 6.28. The van der Waals surface area contributed by atoms with Gasteiger partial charge in [0.2, 0.25) is 0 Å². The SMILES string of the molecule is CN(C(=O)/C(C#N)=C\NCc1cccc(CN)c1)C1CCCCC1. The molecule has 0 radical (unpaired) electrons. The van der Waals surface area contributed by atoms with E-state index in [1.807, 2.05) is 30.3 Å². The molecule has 1 saturated carbocycles. The summed E-state index contributed by atoms with van der Waals surface area (Å²) in [6, 6.07) is 10.2. The summed E-state index contributed by atoms with van der Waals surface area (Å²) in [7, 11) is 1.80. The van der Waals surface area contributed by atoms with Crippen LogP contribution in [0.5, 0.6) is 0 Å². The van der Waals surface area contributed by atoms with Crippen molar-refractivity contribution in [2.45, 2.75) is 51.2 Å². The summed E-state index contributed by atoms with van der Waals surface area (Å²) in [5, 5.41) is 12.4. The fourth-order valence-electron chi connectivity index (χ4n) is 3.10. The monoisotopic (exact) mass is 326 g/mol. The highest BCUT2D eigenvalue weighted by atomic mass is 16.2. The van der Waals surface area contributed by atoms with E-state index in [1.54, 1.807) is 11.9 Å². The number of nitriles is 1. The number of amides is 1. The zero-order valence-corrected chi connectivity index (χ0v) is 14.3. The van der Waals surface area contributed by atoms with Crippen molar-refractivity contribution in [3.63, 3.8) is 0 Å². The molecular formula is C19H26N4O. The third-order valence-electron chi connectivity index (χ3n) is 4.57. The smallest absolute Gasteiger partial charge is 0.265 e. The summed E-state index contributed by atoms with van der Waals surface area (Å²) >= 11 is 0. The summed E-state index contributed by atoms with van der Waals surface area (Å²) in [5.74, 6) is -0.201. The molecule has 0 saturated heterocycles.